The maximum atomic E-state index is 11.0. The van der Waals surface area contributed by atoms with Gasteiger partial charge in [0.05, 0.1) is 5.92 Å². The number of likely N-dealkylation sites (tertiary alicyclic amines) is 1. The Morgan fingerprint density at radius 3 is 2.44 bits per heavy atom. The number of hydrogen-bond acceptors (Lipinski definition) is 1. The fourth-order valence-corrected chi connectivity index (χ4v) is 1.02. The van der Waals surface area contributed by atoms with Gasteiger partial charge in [-0.3, -0.25) is 4.79 Å². The summed E-state index contributed by atoms with van der Waals surface area (Å²) in [5.74, 6) is 0.245. The Morgan fingerprint density at radius 2 is 2.33 bits per heavy atom. The molecule has 0 aromatic heterocycles. The van der Waals surface area contributed by atoms with Crippen LogP contribution in [0.2, 0.25) is 0 Å². The van der Waals surface area contributed by atoms with E-state index in [0.29, 0.717) is 0 Å². The van der Waals surface area contributed by atoms with E-state index in [4.69, 9.17) is 0 Å². The number of hydrogen-bond donors (Lipinski definition) is 0. The molecule has 1 atom stereocenters. The highest BCUT2D eigenvalue weighted by molar-refractivity contribution is 5.84. The van der Waals surface area contributed by atoms with Crippen LogP contribution in [0.4, 0.5) is 0 Å². The average Bonchev–Trinajstić information content (AvgIpc) is 1.98. The molecule has 1 aliphatic rings. The molecule has 1 aliphatic heterocycles. The topological polar surface area (TPSA) is 20.3 Å². The van der Waals surface area contributed by atoms with Crippen LogP contribution in [0.25, 0.3) is 0 Å². The molecule has 0 aromatic carbocycles. The van der Waals surface area contributed by atoms with Crippen LogP contribution in [0.1, 0.15) is 6.92 Å². The van der Waals surface area contributed by atoms with E-state index in [0.717, 1.165) is 12.1 Å². The zero-order valence-electron chi connectivity index (χ0n) is 5.85. The van der Waals surface area contributed by atoms with Gasteiger partial charge in [0, 0.05) is 13.6 Å². The number of amides is 1. The van der Waals surface area contributed by atoms with E-state index in [1.54, 1.807) is 11.9 Å². The second-order valence-electron chi connectivity index (χ2n) is 2.57. The van der Waals surface area contributed by atoms with Crippen molar-refractivity contribution in [1.29, 1.82) is 0 Å². The van der Waals surface area contributed by atoms with Gasteiger partial charge in [-0.15, -0.1) is 0 Å². The van der Waals surface area contributed by atoms with Crippen LogP contribution >= 0.6 is 0 Å². The van der Waals surface area contributed by atoms with E-state index in [-0.39, 0.29) is 11.8 Å². The standard InChI is InChI=1S/C7H11NO/c1-5-4-8(3)7(9)6(5)2/h6H,1,4H2,2-3H3. The summed E-state index contributed by atoms with van der Waals surface area (Å²) >= 11 is 0. The van der Waals surface area contributed by atoms with Crippen molar-refractivity contribution in [2.24, 2.45) is 5.92 Å². The Labute approximate surface area is 55.2 Å². The molecule has 0 saturated carbocycles. The average molecular weight is 125 g/mol. The number of carbonyl (C=O) groups excluding carboxylic acids is 1. The smallest absolute Gasteiger partial charge is 0.229 e. The van der Waals surface area contributed by atoms with Gasteiger partial charge in [-0.1, -0.05) is 6.58 Å². The van der Waals surface area contributed by atoms with Gasteiger partial charge in [0.25, 0.3) is 0 Å². The number of rotatable bonds is 0. The van der Waals surface area contributed by atoms with Crippen LogP contribution in [0, 0.1) is 5.92 Å². The highest BCUT2D eigenvalue weighted by atomic mass is 16.2. The first kappa shape index (κ1) is 6.33. The SMILES string of the molecule is C=C1CN(C)C(=O)C1C. The van der Waals surface area contributed by atoms with Crippen molar-refractivity contribution in [3.63, 3.8) is 0 Å². The molecule has 1 unspecified atom stereocenters. The predicted molar refractivity (Wildman–Crippen MR) is 35.9 cm³/mol. The lowest BCUT2D eigenvalue weighted by molar-refractivity contribution is -0.129. The van der Waals surface area contributed by atoms with E-state index in [2.05, 4.69) is 6.58 Å². The molecule has 1 amide bonds. The van der Waals surface area contributed by atoms with Gasteiger partial charge >= 0.3 is 0 Å². The van der Waals surface area contributed by atoms with Crippen molar-refractivity contribution in [3.05, 3.63) is 12.2 Å². The van der Waals surface area contributed by atoms with Crippen molar-refractivity contribution in [2.45, 2.75) is 6.92 Å². The van der Waals surface area contributed by atoms with Crippen LogP contribution in [0.5, 0.6) is 0 Å². The third-order valence-electron chi connectivity index (χ3n) is 1.80. The highest BCUT2D eigenvalue weighted by Gasteiger charge is 2.27. The first-order chi connectivity index (χ1) is 4.13. The molecule has 50 valence electrons. The van der Waals surface area contributed by atoms with Crippen molar-refractivity contribution in [3.8, 4) is 0 Å². The van der Waals surface area contributed by atoms with Crippen LogP contribution < -0.4 is 0 Å². The number of nitrogens with zero attached hydrogens (tertiary/aromatic N) is 1. The maximum absolute atomic E-state index is 11.0. The molecule has 9 heavy (non-hydrogen) atoms. The van der Waals surface area contributed by atoms with Gasteiger partial charge in [0.15, 0.2) is 0 Å². The van der Waals surface area contributed by atoms with E-state index in [1.807, 2.05) is 6.92 Å². The fourth-order valence-electron chi connectivity index (χ4n) is 1.02. The summed E-state index contributed by atoms with van der Waals surface area (Å²) in [5, 5.41) is 0. The van der Waals surface area contributed by atoms with Crippen LogP contribution in [-0.2, 0) is 4.79 Å². The first-order valence-corrected chi connectivity index (χ1v) is 3.05. The van der Waals surface area contributed by atoms with E-state index in [9.17, 15) is 4.79 Å². The van der Waals surface area contributed by atoms with Crippen LogP contribution in [0.3, 0.4) is 0 Å². The molecule has 0 aliphatic carbocycles. The second-order valence-corrected chi connectivity index (χ2v) is 2.57. The lowest BCUT2D eigenvalue weighted by atomic mass is 10.1. The molecular weight excluding hydrogens is 114 g/mol. The quantitative estimate of drug-likeness (QED) is 0.435. The molecule has 1 fully saturated rings. The summed E-state index contributed by atoms with van der Waals surface area (Å²) in [6, 6.07) is 0. The lowest BCUT2D eigenvalue weighted by Gasteiger charge is -2.04. The lowest BCUT2D eigenvalue weighted by Crippen LogP contribution is -2.21. The molecule has 1 saturated heterocycles. The summed E-state index contributed by atoms with van der Waals surface area (Å²) < 4.78 is 0. The zero-order chi connectivity index (χ0) is 7.02. The fraction of sp³-hybridized carbons (Fsp3) is 0.571. The molecule has 0 N–H and O–H groups in total. The minimum atomic E-state index is 0.0509. The Balaban J connectivity index is 2.77. The molecule has 1 rings (SSSR count). The third-order valence-corrected chi connectivity index (χ3v) is 1.80. The van der Waals surface area contributed by atoms with E-state index in [1.165, 1.54) is 0 Å². The number of likely N-dealkylation sites (N-methyl/N-ethyl adjacent to an activating group) is 1. The van der Waals surface area contributed by atoms with Gasteiger partial charge in [-0.25, -0.2) is 0 Å². The Hall–Kier alpha value is -0.790. The van der Waals surface area contributed by atoms with Crippen LogP contribution in [0.15, 0.2) is 12.2 Å². The minimum absolute atomic E-state index is 0.0509. The van der Waals surface area contributed by atoms with Crippen LogP contribution in [-0.4, -0.2) is 24.4 Å². The largest absolute Gasteiger partial charge is 0.341 e. The monoisotopic (exact) mass is 125 g/mol. The second kappa shape index (κ2) is 1.87. The van der Waals surface area contributed by atoms with Gasteiger partial charge in [0.2, 0.25) is 5.91 Å². The molecular formula is C7H11NO. The van der Waals surface area contributed by atoms with Crippen molar-refractivity contribution >= 4 is 5.91 Å². The minimum Gasteiger partial charge on any atom is -0.341 e. The van der Waals surface area contributed by atoms with Gasteiger partial charge < -0.3 is 4.90 Å². The molecule has 0 aromatic rings. The molecule has 0 spiro atoms. The molecule has 0 radical (unpaired) electrons. The Kier molecular flexibility index (Phi) is 1.31. The molecule has 2 nitrogen and oxygen atoms in total. The Morgan fingerprint density at radius 1 is 1.78 bits per heavy atom. The molecule has 2 heteroatoms. The molecule has 1 heterocycles. The van der Waals surface area contributed by atoms with Gasteiger partial charge in [-0.2, -0.15) is 0 Å². The van der Waals surface area contributed by atoms with Gasteiger partial charge in [-0.05, 0) is 12.5 Å². The normalized spacial score (nSPS) is 27.8. The summed E-state index contributed by atoms with van der Waals surface area (Å²) in [5.41, 5.74) is 1.03. The van der Waals surface area contributed by atoms with E-state index >= 15 is 0 Å². The predicted octanol–water partition coefficient (Wildman–Crippen LogP) is 0.651. The van der Waals surface area contributed by atoms with Crippen molar-refractivity contribution in [2.75, 3.05) is 13.6 Å². The summed E-state index contributed by atoms with van der Waals surface area (Å²) in [6.07, 6.45) is 0. The number of carbonyl (C=O) groups is 1. The highest BCUT2D eigenvalue weighted by Crippen LogP contribution is 2.19. The first-order valence-electron chi connectivity index (χ1n) is 3.05. The van der Waals surface area contributed by atoms with E-state index < -0.39 is 0 Å². The molecule has 0 bridgehead atoms. The van der Waals surface area contributed by atoms with Crippen molar-refractivity contribution < 1.29 is 4.79 Å². The maximum Gasteiger partial charge on any atom is 0.229 e. The van der Waals surface area contributed by atoms with Gasteiger partial charge in [0.1, 0.15) is 0 Å². The Bertz CT molecular complexity index is 162. The van der Waals surface area contributed by atoms with Crippen molar-refractivity contribution in [1.82, 2.24) is 4.90 Å². The summed E-state index contributed by atoms with van der Waals surface area (Å²) in [6.45, 7) is 6.41. The summed E-state index contributed by atoms with van der Waals surface area (Å²) in [4.78, 5) is 12.7. The summed E-state index contributed by atoms with van der Waals surface area (Å²) in [7, 11) is 1.80. The zero-order valence-corrected chi connectivity index (χ0v) is 5.85. The third kappa shape index (κ3) is 0.846.